The second-order valence-corrected chi connectivity index (χ2v) is 6.75. The number of fused-ring (bicyclic) bond motifs is 1. The number of sulfone groups is 1. The molecular formula is C11H14ClN3O2S. The summed E-state index contributed by atoms with van der Waals surface area (Å²) < 4.78 is 24.4. The molecule has 0 fully saturated rings. The van der Waals surface area contributed by atoms with Gasteiger partial charge >= 0.3 is 0 Å². The van der Waals surface area contributed by atoms with Crippen molar-refractivity contribution in [1.29, 1.82) is 0 Å². The van der Waals surface area contributed by atoms with Crippen molar-refractivity contribution in [2.45, 2.75) is 13.0 Å². The fourth-order valence-corrected chi connectivity index (χ4v) is 2.50. The highest BCUT2D eigenvalue weighted by Crippen LogP contribution is 2.15. The number of aromatic nitrogens is 3. The number of rotatable bonds is 5. The second kappa shape index (κ2) is 5.24. The third kappa shape index (κ3) is 3.00. The summed E-state index contributed by atoms with van der Waals surface area (Å²) in [6, 6.07) is 1.84. The molecule has 0 aromatic carbocycles. The van der Waals surface area contributed by atoms with Gasteiger partial charge in [-0.05, 0) is 6.07 Å². The zero-order valence-corrected chi connectivity index (χ0v) is 11.6. The predicted molar refractivity (Wildman–Crippen MR) is 71.7 cm³/mol. The highest BCUT2D eigenvalue weighted by atomic mass is 35.5. The lowest BCUT2D eigenvalue weighted by Gasteiger charge is -2.07. The van der Waals surface area contributed by atoms with Crippen molar-refractivity contribution in [3.63, 3.8) is 0 Å². The van der Waals surface area contributed by atoms with Crippen molar-refractivity contribution >= 4 is 32.5 Å². The Morgan fingerprint density at radius 3 is 2.89 bits per heavy atom. The maximum absolute atomic E-state index is 11.3. The van der Waals surface area contributed by atoms with Gasteiger partial charge in [0, 0.05) is 31.3 Å². The lowest BCUT2D eigenvalue weighted by molar-refractivity contribution is 0.594. The van der Waals surface area contributed by atoms with Crippen LogP contribution >= 0.6 is 11.6 Å². The van der Waals surface area contributed by atoms with Gasteiger partial charge in [0.15, 0.2) is 0 Å². The molecule has 0 radical (unpaired) electrons. The summed E-state index contributed by atoms with van der Waals surface area (Å²) in [4.78, 5) is 8.43. The van der Waals surface area contributed by atoms with Gasteiger partial charge in [-0.2, -0.15) is 0 Å². The number of aryl methyl sites for hydroxylation is 2. The molecule has 0 aliphatic heterocycles. The van der Waals surface area contributed by atoms with E-state index in [-0.39, 0.29) is 5.75 Å². The molecule has 0 aliphatic rings. The standard InChI is InChI=1S/C11H14ClN3O2S/c1-18(16,17)7-6-15-10-3-5-13-8-9(10)14-11(15)2-4-12/h3,5,8H,2,4,6-7H2,1H3. The Labute approximate surface area is 111 Å². The molecule has 0 saturated heterocycles. The molecule has 18 heavy (non-hydrogen) atoms. The molecule has 0 unspecified atom stereocenters. The largest absolute Gasteiger partial charge is 0.327 e. The lowest BCUT2D eigenvalue weighted by atomic mass is 10.4. The molecule has 5 nitrogen and oxygen atoms in total. The molecule has 7 heteroatoms. The van der Waals surface area contributed by atoms with Gasteiger partial charge in [0.2, 0.25) is 0 Å². The van der Waals surface area contributed by atoms with E-state index in [0.29, 0.717) is 18.8 Å². The van der Waals surface area contributed by atoms with Crippen LogP contribution in [0.25, 0.3) is 11.0 Å². The number of nitrogens with zero attached hydrogens (tertiary/aromatic N) is 3. The Hall–Kier alpha value is -1.14. The molecule has 0 bridgehead atoms. The van der Waals surface area contributed by atoms with Crippen LogP contribution in [0.2, 0.25) is 0 Å². The normalized spacial score (nSPS) is 12.1. The van der Waals surface area contributed by atoms with Gasteiger partial charge < -0.3 is 4.57 Å². The third-order valence-electron chi connectivity index (χ3n) is 2.63. The van der Waals surface area contributed by atoms with Crippen LogP contribution in [0.5, 0.6) is 0 Å². The molecule has 0 N–H and O–H groups in total. The van der Waals surface area contributed by atoms with E-state index in [1.165, 1.54) is 6.26 Å². The summed E-state index contributed by atoms with van der Waals surface area (Å²) in [5, 5.41) is 0. The first-order valence-corrected chi connectivity index (χ1v) is 8.13. The fourth-order valence-electron chi connectivity index (χ4n) is 1.81. The van der Waals surface area contributed by atoms with Gasteiger partial charge in [0.1, 0.15) is 21.2 Å². The van der Waals surface area contributed by atoms with Crippen LogP contribution in [0.4, 0.5) is 0 Å². The highest BCUT2D eigenvalue weighted by Gasteiger charge is 2.12. The average Bonchev–Trinajstić information content (AvgIpc) is 2.63. The van der Waals surface area contributed by atoms with Crippen molar-refractivity contribution in [2.24, 2.45) is 0 Å². The maximum atomic E-state index is 11.3. The molecule has 2 rings (SSSR count). The smallest absolute Gasteiger partial charge is 0.149 e. The van der Waals surface area contributed by atoms with Gasteiger partial charge in [-0.25, -0.2) is 13.4 Å². The first-order chi connectivity index (χ1) is 8.51. The Morgan fingerprint density at radius 1 is 1.44 bits per heavy atom. The first-order valence-electron chi connectivity index (χ1n) is 5.54. The molecule has 2 aromatic rings. The van der Waals surface area contributed by atoms with Crippen molar-refractivity contribution < 1.29 is 8.42 Å². The molecule has 2 heterocycles. The van der Waals surface area contributed by atoms with Crippen LogP contribution in [0.15, 0.2) is 18.5 Å². The van der Waals surface area contributed by atoms with E-state index in [2.05, 4.69) is 9.97 Å². The van der Waals surface area contributed by atoms with E-state index >= 15 is 0 Å². The minimum Gasteiger partial charge on any atom is -0.327 e. The summed E-state index contributed by atoms with van der Waals surface area (Å²) in [6.07, 6.45) is 5.18. The first kappa shape index (κ1) is 13.3. The number of alkyl halides is 1. The zero-order valence-electron chi connectivity index (χ0n) is 10.0. The van der Waals surface area contributed by atoms with E-state index in [1.54, 1.807) is 12.4 Å². The summed E-state index contributed by atoms with van der Waals surface area (Å²) in [6.45, 7) is 0.394. The number of hydrogen-bond donors (Lipinski definition) is 0. The predicted octanol–water partition coefficient (Wildman–Crippen LogP) is 1.26. The van der Waals surface area contributed by atoms with Gasteiger partial charge in [0.05, 0.1) is 17.5 Å². The maximum Gasteiger partial charge on any atom is 0.149 e. The van der Waals surface area contributed by atoms with Crippen LogP contribution in [0.1, 0.15) is 5.82 Å². The van der Waals surface area contributed by atoms with Crippen LogP contribution in [0.3, 0.4) is 0 Å². The van der Waals surface area contributed by atoms with Crippen LogP contribution in [-0.2, 0) is 22.8 Å². The molecule has 0 amide bonds. The summed E-state index contributed by atoms with van der Waals surface area (Å²) in [7, 11) is -3.00. The Balaban J connectivity index is 2.41. The SMILES string of the molecule is CS(=O)(=O)CCn1c(CCCl)nc2cnccc21. The van der Waals surface area contributed by atoms with Crippen molar-refractivity contribution in [3.8, 4) is 0 Å². The Kier molecular flexibility index (Phi) is 3.87. The fraction of sp³-hybridized carbons (Fsp3) is 0.455. The van der Waals surface area contributed by atoms with E-state index in [0.717, 1.165) is 16.9 Å². The van der Waals surface area contributed by atoms with E-state index in [4.69, 9.17) is 11.6 Å². The van der Waals surface area contributed by atoms with Gasteiger partial charge in [0.25, 0.3) is 0 Å². The molecule has 2 aromatic heterocycles. The number of imidazole rings is 1. The number of hydrogen-bond acceptors (Lipinski definition) is 4. The van der Waals surface area contributed by atoms with Gasteiger partial charge in [-0.3, -0.25) is 4.98 Å². The highest BCUT2D eigenvalue weighted by molar-refractivity contribution is 7.90. The van der Waals surface area contributed by atoms with Gasteiger partial charge in [-0.1, -0.05) is 0 Å². The minimum atomic E-state index is -3.00. The molecule has 0 spiro atoms. The Morgan fingerprint density at radius 2 is 2.22 bits per heavy atom. The Bertz CT molecular complexity index is 651. The van der Waals surface area contributed by atoms with E-state index in [1.807, 2.05) is 10.6 Å². The summed E-state index contributed by atoms with van der Waals surface area (Å²) >= 11 is 5.74. The second-order valence-electron chi connectivity index (χ2n) is 4.11. The molecular weight excluding hydrogens is 274 g/mol. The van der Waals surface area contributed by atoms with Crippen molar-refractivity contribution in [2.75, 3.05) is 17.9 Å². The van der Waals surface area contributed by atoms with Crippen LogP contribution in [-0.4, -0.2) is 40.8 Å². The van der Waals surface area contributed by atoms with Gasteiger partial charge in [-0.15, -0.1) is 11.6 Å². The molecule has 0 saturated carbocycles. The molecule has 0 atom stereocenters. The van der Waals surface area contributed by atoms with Crippen molar-refractivity contribution in [3.05, 3.63) is 24.3 Å². The van der Waals surface area contributed by atoms with Crippen molar-refractivity contribution in [1.82, 2.24) is 14.5 Å². The van der Waals surface area contributed by atoms with E-state index in [9.17, 15) is 8.42 Å². The third-order valence-corrected chi connectivity index (χ3v) is 3.75. The average molecular weight is 288 g/mol. The monoisotopic (exact) mass is 287 g/mol. The lowest BCUT2D eigenvalue weighted by Crippen LogP contribution is -2.13. The molecule has 0 aliphatic carbocycles. The van der Waals surface area contributed by atoms with E-state index < -0.39 is 9.84 Å². The minimum absolute atomic E-state index is 0.0933. The summed E-state index contributed by atoms with van der Waals surface area (Å²) in [5.41, 5.74) is 1.67. The zero-order chi connectivity index (χ0) is 13.2. The number of pyridine rings is 1. The number of halogens is 1. The van der Waals surface area contributed by atoms with Crippen LogP contribution < -0.4 is 0 Å². The summed E-state index contributed by atoms with van der Waals surface area (Å²) in [5.74, 6) is 1.35. The topological polar surface area (TPSA) is 64.8 Å². The quantitative estimate of drug-likeness (QED) is 0.777. The van der Waals surface area contributed by atoms with Crippen LogP contribution in [0, 0.1) is 0 Å². The molecule has 98 valence electrons.